The number of sulfonamides is 1. The monoisotopic (exact) mass is 817 g/mol. The Morgan fingerprint density at radius 1 is 0.879 bits per heavy atom. The normalized spacial score (nSPS) is 12.6. The van der Waals surface area contributed by atoms with Crippen molar-refractivity contribution in [2.45, 2.75) is 51.0 Å². The predicted octanol–water partition coefficient (Wildman–Crippen LogP) is 7.38. The van der Waals surface area contributed by atoms with Gasteiger partial charge < -0.3 is 14.9 Å². The highest BCUT2D eigenvalue weighted by molar-refractivity contribution is 7.90. The Kier molecular flexibility index (Phi) is 11.5. The Labute approximate surface area is 340 Å². The first-order valence-electron chi connectivity index (χ1n) is 18.8. The molecule has 0 fully saturated rings. The predicted molar refractivity (Wildman–Crippen MR) is 221 cm³/mol. The third-order valence-corrected chi connectivity index (χ3v) is 12.0. The van der Waals surface area contributed by atoms with Gasteiger partial charge in [0.05, 0.1) is 33.3 Å². The zero-order chi connectivity index (χ0) is 41.1. The highest BCUT2D eigenvalue weighted by Crippen LogP contribution is 2.30. The summed E-state index contributed by atoms with van der Waals surface area (Å²) in [6.45, 7) is 4.68. The van der Waals surface area contributed by atoms with E-state index in [1.165, 1.54) is 39.9 Å². The minimum atomic E-state index is -4.31. The second-order valence-corrected chi connectivity index (χ2v) is 16.2. The molecule has 5 aromatic carbocycles. The standard InChI is InChI=1S/C44H40ClN5O7S/c1-3-4-22-49(35-17-13-29(14-18-35)24-39(51)52)44(55)41-40(45)28(2)50(46-41)38-20-16-33(26-37(38)43(54)48-23-21-31-10-6-8-12-34(31)27-48)42(53)47-58(56,57)36-19-15-30-9-5-7-11-32(30)25-36/h5-20,25-26H,3-4,21-24,27H2,1-2H3,(H,47,53)(H,51,52). The minimum Gasteiger partial charge on any atom is -0.481 e. The fraction of sp³-hybridized carbons (Fsp3) is 0.205. The van der Waals surface area contributed by atoms with Crippen LogP contribution in [0.2, 0.25) is 5.02 Å². The van der Waals surface area contributed by atoms with Crippen LogP contribution in [0.4, 0.5) is 5.69 Å². The van der Waals surface area contributed by atoms with E-state index in [1.54, 1.807) is 54.3 Å². The van der Waals surface area contributed by atoms with Gasteiger partial charge in [-0.1, -0.05) is 91.7 Å². The van der Waals surface area contributed by atoms with Crippen molar-refractivity contribution < 1.29 is 32.7 Å². The van der Waals surface area contributed by atoms with Crippen LogP contribution in [0.1, 0.15) is 73.4 Å². The van der Waals surface area contributed by atoms with Gasteiger partial charge in [0, 0.05) is 30.9 Å². The molecule has 0 unspecified atom stereocenters. The molecule has 296 valence electrons. The topological polar surface area (TPSA) is 159 Å². The Balaban J connectivity index is 1.26. The van der Waals surface area contributed by atoms with Gasteiger partial charge in [0.25, 0.3) is 27.7 Å². The molecule has 58 heavy (non-hydrogen) atoms. The Morgan fingerprint density at radius 2 is 1.59 bits per heavy atom. The number of amides is 3. The maximum Gasteiger partial charge on any atom is 0.307 e. The second-order valence-electron chi connectivity index (χ2n) is 14.1. The molecule has 0 bridgehead atoms. The number of aromatic nitrogens is 2. The fourth-order valence-electron chi connectivity index (χ4n) is 7.06. The van der Waals surface area contributed by atoms with E-state index in [9.17, 15) is 32.7 Å². The summed E-state index contributed by atoms with van der Waals surface area (Å²) in [4.78, 5) is 56.9. The third-order valence-electron chi connectivity index (χ3n) is 10.2. The number of halogens is 1. The average molecular weight is 818 g/mol. The van der Waals surface area contributed by atoms with Crippen molar-refractivity contribution in [2.75, 3.05) is 18.0 Å². The average Bonchev–Trinajstić information content (AvgIpc) is 3.52. The van der Waals surface area contributed by atoms with Crippen LogP contribution in [0.3, 0.4) is 0 Å². The number of hydrogen-bond acceptors (Lipinski definition) is 7. The van der Waals surface area contributed by atoms with E-state index in [2.05, 4.69) is 9.82 Å². The highest BCUT2D eigenvalue weighted by Gasteiger charge is 2.30. The molecular formula is C44H40ClN5O7S. The molecule has 12 nitrogen and oxygen atoms in total. The van der Waals surface area contributed by atoms with Crippen molar-refractivity contribution in [2.24, 2.45) is 0 Å². The number of fused-ring (bicyclic) bond motifs is 2. The van der Waals surface area contributed by atoms with Gasteiger partial charge in [-0.25, -0.2) is 17.8 Å². The van der Waals surface area contributed by atoms with Crippen LogP contribution >= 0.6 is 11.6 Å². The highest BCUT2D eigenvalue weighted by atomic mass is 35.5. The van der Waals surface area contributed by atoms with Gasteiger partial charge in [0.1, 0.15) is 0 Å². The van der Waals surface area contributed by atoms with Crippen LogP contribution in [0.15, 0.2) is 114 Å². The molecule has 2 heterocycles. The second kappa shape index (κ2) is 16.7. The molecule has 0 saturated carbocycles. The summed E-state index contributed by atoms with van der Waals surface area (Å²) in [7, 11) is -4.31. The number of rotatable bonds is 12. The van der Waals surface area contributed by atoms with Crippen molar-refractivity contribution in [3.63, 3.8) is 0 Å². The lowest BCUT2D eigenvalue weighted by Gasteiger charge is -2.29. The summed E-state index contributed by atoms with van der Waals surface area (Å²) >= 11 is 6.87. The molecule has 0 atom stereocenters. The number of carboxylic acids is 1. The maximum absolute atomic E-state index is 14.5. The fourth-order valence-corrected chi connectivity index (χ4v) is 8.27. The third kappa shape index (κ3) is 8.22. The minimum absolute atomic E-state index is 0.0493. The van der Waals surface area contributed by atoms with Gasteiger partial charge in [-0.15, -0.1) is 0 Å². The lowest BCUT2D eigenvalue weighted by Crippen LogP contribution is -2.37. The van der Waals surface area contributed by atoms with E-state index >= 15 is 0 Å². The molecule has 7 rings (SSSR count). The molecule has 0 spiro atoms. The van der Waals surface area contributed by atoms with Crippen LogP contribution in [0.25, 0.3) is 16.5 Å². The summed E-state index contributed by atoms with van der Waals surface area (Å²) in [5.41, 5.74) is 3.70. The van der Waals surface area contributed by atoms with Crippen molar-refractivity contribution in [3.05, 3.63) is 153 Å². The van der Waals surface area contributed by atoms with E-state index in [0.29, 0.717) is 54.8 Å². The quantitative estimate of drug-likeness (QED) is 0.130. The molecule has 1 aromatic heterocycles. The molecule has 1 aliphatic rings. The number of carbonyl (C=O) groups excluding carboxylic acids is 3. The number of hydrogen-bond donors (Lipinski definition) is 2. The van der Waals surface area contributed by atoms with E-state index < -0.39 is 33.7 Å². The first-order valence-corrected chi connectivity index (χ1v) is 20.6. The molecule has 2 N–H and O–H groups in total. The van der Waals surface area contributed by atoms with E-state index in [1.807, 2.05) is 43.3 Å². The number of nitrogens with one attached hydrogen (secondary N) is 1. The van der Waals surface area contributed by atoms with Crippen molar-refractivity contribution in [1.29, 1.82) is 0 Å². The van der Waals surface area contributed by atoms with E-state index in [0.717, 1.165) is 22.9 Å². The molecule has 0 aliphatic carbocycles. The largest absolute Gasteiger partial charge is 0.481 e. The van der Waals surface area contributed by atoms with Crippen LogP contribution in [-0.4, -0.2) is 65.0 Å². The van der Waals surface area contributed by atoms with Crippen molar-refractivity contribution in [1.82, 2.24) is 19.4 Å². The van der Waals surface area contributed by atoms with Crippen LogP contribution in [-0.2, 0) is 34.2 Å². The summed E-state index contributed by atoms with van der Waals surface area (Å²) in [5.74, 6) is -2.84. The number of carboxylic acid groups (broad SMARTS) is 1. The van der Waals surface area contributed by atoms with Crippen molar-refractivity contribution in [3.8, 4) is 5.69 Å². The number of nitrogens with zero attached hydrogens (tertiary/aromatic N) is 4. The number of anilines is 1. The van der Waals surface area contributed by atoms with Crippen LogP contribution < -0.4 is 9.62 Å². The van der Waals surface area contributed by atoms with E-state index in [4.69, 9.17) is 11.6 Å². The zero-order valence-electron chi connectivity index (χ0n) is 31.8. The van der Waals surface area contributed by atoms with Crippen molar-refractivity contribution >= 4 is 61.8 Å². The Hall–Kier alpha value is -6.31. The summed E-state index contributed by atoms with van der Waals surface area (Å²) in [6.07, 6.45) is 1.90. The SMILES string of the molecule is CCCCN(C(=O)c1nn(-c2ccc(C(=O)NS(=O)(=O)c3ccc4ccccc4c3)cc2C(=O)N2CCc3ccccc3C2)c(C)c1Cl)c1ccc(CC(=O)O)cc1. The number of unbranched alkanes of at least 4 members (excludes halogenated alkanes) is 1. The lowest BCUT2D eigenvalue weighted by molar-refractivity contribution is -0.136. The van der Waals surface area contributed by atoms with Gasteiger partial charge in [-0.3, -0.25) is 19.2 Å². The molecule has 0 saturated heterocycles. The number of benzene rings is 5. The molecule has 1 aliphatic heterocycles. The van der Waals surface area contributed by atoms with Gasteiger partial charge >= 0.3 is 5.97 Å². The summed E-state index contributed by atoms with van der Waals surface area (Å²) in [5, 5.41) is 15.5. The maximum atomic E-state index is 14.5. The van der Waals surface area contributed by atoms with Crippen LogP contribution in [0, 0.1) is 6.92 Å². The first kappa shape index (κ1) is 39.9. The van der Waals surface area contributed by atoms with Gasteiger partial charge in [0.2, 0.25) is 0 Å². The number of carbonyl (C=O) groups is 4. The molecule has 14 heteroatoms. The number of aliphatic carboxylic acids is 1. The van der Waals surface area contributed by atoms with E-state index in [-0.39, 0.29) is 38.8 Å². The summed E-state index contributed by atoms with van der Waals surface area (Å²) in [6, 6.07) is 30.6. The summed E-state index contributed by atoms with van der Waals surface area (Å²) < 4.78 is 30.5. The molecule has 0 radical (unpaired) electrons. The first-order chi connectivity index (χ1) is 27.8. The lowest BCUT2D eigenvalue weighted by atomic mass is 9.98. The molecule has 6 aromatic rings. The smallest absolute Gasteiger partial charge is 0.307 e. The zero-order valence-corrected chi connectivity index (χ0v) is 33.4. The van der Waals surface area contributed by atoms with Gasteiger partial charge in [-0.2, -0.15) is 5.10 Å². The van der Waals surface area contributed by atoms with Crippen LogP contribution in [0.5, 0.6) is 0 Å². The van der Waals surface area contributed by atoms with Gasteiger partial charge in [-0.05, 0) is 89.7 Å². The van der Waals surface area contributed by atoms with Gasteiger partial charge in [0.15, 0.2) is 5.69 Å². The Morgan fingerprint density at radius 3 is 2.31 bits per heavy atom. The molecular weight excluding hydrogens is 778 g/mol. The molecule has 3 amide bonds. The Bertz CT molecular complexity index is 2700.